The molecule has 0 amide bonds. The molecule has 86 valence electrons. The molecule has 2 aromatic rings. The molecule has 1 atom stereocenters. The summed E-state index contributed by atoms with van der Waals surface area (Å²) in [6.07, 6.45) is 0. The molecule has 0 aliphatic carbocycles. The Morgan fingerprint density at radius 1 is 1.35 bits per heavy atom. The lowest BCUT2D eigenvalue weighted by molar-refractivity contribution is 0.659. The maximum absolute atomic E-state index is 9.10. The van der Waals surface area contributed by atoms with E-state index in [1.807, 2.05) is 44.2 Å². The van der Waals surface area contributed by atoms with E-state index in [9.17, 15) is 0 Å². The van der Waals surface area contributed by atoms with Gasteiger partial charge in [0.25, 0.3) is 0 Å². The first-order valence-corrected chi connectivity index (χ1v) is 5.75. The molecular weight excluding hydrogens is 210 g/mol. The fraction of sp³-hybridized carbons (Fsp3) is 0.286. The number of hydrogen-bond acceptors (Lipinski definition) is 3. The number of hydrogen-bond donors (Lipinski definition) is 1. The van der Waals surface area contributed by atoms with E-state index in [-0.39, 0.29) is 6.04 Å². The van der Waals surface area contributed by atoms with Crippen molar-refractivity contribution in [3.63, 3.8) is 0 Å². The molecule has 1 aromatic heterocycles. The molecule has 3 nitrogen and oxygen atoms in total. The van der Waals surface area contributed by atoms with Crippen LogP contribution in [0.5, 0.6) is 0 Å². The molecule has 0 saturated heterocycles. The van der Waals surface area contributed by atoms with E-state index in [0.717, 1.165) is 28.7 Å². The van der Waals surface area contributed by atoms with Gasteiger partial charge in [-0.25, -0.2) is 0 Å². The molecule has 1 N–H and O–H groups in total. The van der Waals surface area contributed by atoms with E-state index in [0.29, 0.717) is 0 Å². The summed E-state index contributed by atoms with van der Waals surface area (Å²) in [7, 11) is 0. The summed E-state index contributed by atoms with van der Waals surface area (Å²) in [5, 5.41) is 13.3. The van der Waals surface area contributed by atoms with Crippen LogP contribution in [0.1, 0.15) is 24.2 Å². The van der Waals surface area contributed by atoms with Gasteiger partial charge in [0, 0.05) is 11.1 Å². The third-order valence-electron chi connectivity index (χ3n) is 2.72. The highest BCUT2D eigenvalue weighted by molar-refractivity contribution is 5.79. The van der Waals surface area contributed by atoms with Gasteiger partial charge in [0.2, 0.25) is 0 Å². The first kappa shape index (κ1) is 11.6. The first-order valence-electron chi connectivity index (χ1n) is 5.75. The second-order valence-corrected chi connectivity index (χ2v) is 4.02. The van der Waals surface area contributed by atoms with E-state index >= 15 is 0 Å². The predicted molar refractivity (Wildman–Crippen MR) is 68.5 cm³/mol. The van der Waals surface area contributed by atoms with Crippen molar-refractivity contribution in [2.45, 2.75) is 19.9 Å². The number of pyridine rings is 1. The monoisotopic (exact) mass is 225 g/mol. The van der Waals surface area contributed by atoms with Gasteiger partial charge in [0.05, 0.1) is 11.6 Å². The van der Waals surface area contributed by atoms with Crippen LogP contribution in [0, 0.1) is 18.3 Å². The molecule has 2 rings (SSSR count). The first-order chi connectivity index (χ1) is 8.24. The molecule has 0 bridgehead atoms. The van der Waals surface area contributed by atoms with Crippen molar-refractivity contribution in [3.8, 4) is 6.07 Å². The molecule has 17 heavy (non-hydrogen) atoms. The summed E-state index contributed by atoms with van der Waals surface area (Å²) in [6, 6.07) is 12.0. The molecule has 0 aliphatic heterocycles. The zero-order valence-electron chi connectivity index (χ0n) is 10.1. The van der Waals surface area contributed by atoms with Gasteiger partial charge in [-0.05, 0) is 37.2 Å². The Hall–Kier alpha value is -1.92. The fourth-order valence-electron chi connectivity index (χ4n) is 1.87. The van der Waals surface area contributed by atoms with E-state index in [1.54, 1.807) is 0 Å². The van der Waals surface area contributed by atoms with E-state index in [2.05, 4.69) is 16.4 Å². The predicted octanol–water partition coefficient (Wildman–Crippen LogP) is 2.72. The molecule has 1 unspecified atom stereocenters. The normalized spacial score (nSPS) is 12.3. The summed E-state index contributed by atoms with van der Waals surface area (Å²) in [5.74, 6) is 0. The summed E-state index contributed by atoms with van der Waals surface area (Å²) in [5.41, 5.74) is 2.98. The Morgan fingerprint density at radius 2 is 2.18 bits per heavy atom. The Labute approximate surface area is 101 Å². The smallest absolute Gasteiger partial charge is 0.121 e. The summed E-state index contributed by atoms with van der Waals surface area (Å²) in [4.78, 5) is 4.44. The lowest BCUT2D eigenvalue weighted by atomic mass is 10.0. The van der Waals surface area contributed by atoms with Crippen molar-refractivity contribution < 1.29 is 0 Å². The van der Waals surface area contributed by atoms with Gasteiger partial charge in [-0.3, -0.25) is 10.3 Å². The van der Waals surface area contributed by atoms with Crippen LogP contribution in [0.3, 0.4) is 0 Å². The standard InChI is InChI=1S/C14H15N3/c1-3-16-14(9-15)12-6-7-13-11(8-12)5-4-10(2)17-13/h4-8,14,16H,3H2,1-2H3. The van der Waals surface area contributed by atoms with Crippen LogP contribution in [-0.2, 0) is 0 Å². The Balaban J connectivity index is 2.44. The zero-order valence-corrected chi connectivity index (χ0v) is 10.1. The van der Waals surface area contributed by atoms with Crippen LogP contribution in [-0.4, -0.2) is 11.5 Å². The molecule has 1 heterocycles. The van der Waals surface area contributed by atoms with Crippen molar-refractivity contribution in [1.29, 1.82) is 5.26 Å². The second kappa shape index (κ2) is 4.94. The molecular formula is C14H15N3. The number of aromatic nitrogens is 1. The molecule has 0 spiro atoms. The van der Waals surface area contributed by atoms with Gasteiger partial charge in [0.15, 0.2) is 0 Å². The van der Waals surface area contributed by atoms with Gasteiger partial charge in [-0.1, -0.05) is 19.1 Å². The third-order valence-corrected chi connectivity index (χ3v) is 2.72. The maximum atomic E-state index is 9.10. The minimum absolute atomic E-state index is 0.245. The molecule has 0 radical (unpaired) electrons. The molecule has 0 saturated carbocycles. The highest BCUT2D eigenvalue weighted by Crippen LogP contribution is 2.19. The van der Waals surface area contributed by atoms with Crippen molar-refractivity contribution in [2.24, 2.45) is 0 Å². The van der Waals surface area contributed by atoms with Crippen molar-refractivity contribution in [3.05, 3.63) is 41.6 Å². The van der Waals surface area contributed by atoms with Crippen molar-refractivity contribution in [1.82, 2.24) is 10.3 Å². The van der Waals surface area contributed by atoms with Gasteiger partial charge in [-0.15, -0.1) is 0 Å². The number of rotatable bonds is 3. The number of aryl methyl sites for hydroxylation is 1. The average Bonchev–Trinajstić information content (AvgIpc) is 2.35. The highest BCUT2D eigenvalue weighted by Gasteiger charge is 2.09. The van der Waals surface area contributed by atoms with E-state index in [1.165, 1.54) is 0 Å². The van der Waals surface area contributed by atoms with Crippen LogP contribution >= 0.6 is 0 Å². The summed E-state index contributed by atoms with van der Waals surface area (Å²) < 4.78 is 0. The lowest BCUT2D eigenvalue weighted by Gasteiger charge is -2.10. The van der Waals surface area contributed by atoms with Gasteiger partial charge in [0.1, 0.15) is 6.04 Å². The summed E-state index contributed by atoms with van der Waals surface area (Å²) in [6.45, 7) is 4.75. The molecule has 0 fully saturated rings. The minimum atomic E-state index is -0.245. The van der Waals surface area contributed by atoms with E-state index < -0.39 is 0 Å². The Kier molecular flexibility index (Phi) is 3.36. The van der Waals surface area contributed by atoms with Gasteiger partial charge in [-0.2, -0.15) is 5.26 Å². The van der Waals surface area contributed by atoms with Crippen molar-refractivity contribution >= 4 is 10.9 Å². The molecule has 0 aliphatic rings. The summed E-state index contributed by atoms with van der Waals surface area (Å²) >= 11 is 0. The largest absolute Gasteiger partial charge is 0.298 e. The zero-order chi connectivity index (χ0) is 12.3. The fourth-order valence-corrected chi connectivity index (χ4v) is 1.87. The van der Waals surface area contributed by atoms with Gasteiger partial charge < -0.3 is 0 Å². The topological polar surface area (TPSA) is 48.7 Å². The molecule has 3 heteroatoms. The van der Waals surface area contributed by atoms with Crippen LogP contribution < -0.4 is 5.32 Å². The number of benzene rings is 1. The lowest BCUT2D eigenvalue weighted by Crippen LogP contribution is -2.19. The maximum Gasteiger partial charge on any atom is 0.121 e. The van der Waals surface area contributed by atoms with E-state index in [4.69, 9.17) is 5.26 Å². The number of nitriles is 1. The third kappa shape index (κ3) is 2.43. The second-order valence-electron chi connectivity index (χ2n) is 4.02. The quantitative estimate of drug-likeness (QED) is 0.873. The van der Waals surface area contributed by atoms with Crippen LogP contribution in [0.2, 0.25) is 0 Å². The number of nitrogens with one attached hydrogen (secondary N) is 1. The Bertz CT molecular complexity index is 569. The molecule has 1 aromatic carbocycles. The number of nitrogens with zero attached hydrogens (tertiary/aromatic N) is 2. The van der Waals surface area contributed by atoms with Crippen LogP contribution in [0.15, 0.2) is 30.3 Å². The van der Waals surface area contributed by atoms with Crippen LogP contribution in [0.25, 0.3) is 10.9 Å². The van der Waals surface area contributed by atoms with Gasteiger partial charge >= 0.3 is 0 Å². The average molecular weight is 225 g/mol. The Morgan fingerprint density at radius 3 is 2.88 bits per heavy atom. The minimum Gasteiger partial charge on any atom is -0.298 e. The number of fused-ring (bicyclic) bond motifs is 1. The van der Waals surface area contributed by atoms with Crippen LogP contribution in [0.4, 0.5) is 0 Å². The highest BCUT2D eigenvalue weighted by atomic mass is 14.9. The van der Waals surface area contributed by atoms with Crippen molar-refractivity contribution in [2.75, 3.05) is 6.54 Å². The SMILES string of the molecule is CCNC(C#N)c1ccc2nc(C)ccc2c1.